The number of halogens is 1. The highest BCUT2D eigenvalue weighted by molar-refractivity contribution is 6.04. The molecule has 16 heavy (non-hydrogen) atoms. The summed E-state index contributed by atoms with van der Waals surface area (Å²) in [6, 6.07) is 6.28. The first-order valence-corrected chi connectivity index (χ1v) is 4.93. The van der Waals surface area contributed by atoms with Gasteiger partial charge < -0.3 is 9.55 Å². The van der Waals surface area contributed by atoms with Crippen LogP contribution in [-0.2, 0) is 7.05 Å². The molecule has 0 fully saturated rings. The molecule has 2 heterocycles. The van der Waals surface area contributed by atoms with Gasteiger partial charge in [0.15, 0.2) is 0 Å². The molecule has 1 N–H and O–H groups in total. The lowest BCUT2D eigenvalue weighted by Crippen LogP contribution is -2.09. The van der Waals surface area contributed by atoms with E-state index in [0.717, 1.165) is 10.8 Å². The van der Waals surface area contributed by atoms with Crippen LogP contribution in [0.15, 0.2) is 35.3 Å². The zero-order valence-electron chi connectivity index (χ0n) is 8.62. The molecule has 0 unspecified atom stereocenters. The largest absolute Gasteiger partial charge is 0.346 e. The predicted octanol–water partition coefficient (Wildman–Crippen LogP) is 2.16. The summed E-state index contributed by atoms with van der Waals surface area (Å²) < 4.78 is 14.8. The van der Waals surface area contributed by atoms with Crippen molar-refractivity contribution in [1.29, 1.82) is 0 Å². The first-order chi connectivity index (χ1) is 7.66. The van der Waals surface area contributed by atoms with Crippen molar-refractivity contribution in [3.63, 3.8) is 0 Å². The number of rotatable bonds is 0. The van der Waals surface area contributed by atoms with Crippen LogP contribution < -0.4 is 5.56 Å². The van der Waals surface area contributed by atoms with Crippen LogP contribution >= 0.6 is 0 Å². The van der Waals surface area contributed by atoms with E-state index in [1.165, 1.54) is 12.1 Å². The number of fused-ring (bicyclic) bond motifs is 3. The van der Waals surface area contributed by atoms with E-state index in [1.807, 2.05) is 19.3 Å². The molecule has 0 radical (unpaired) electrons. The number of H-pyrrole nitrogens is 1. The summed E-state index contributed by atoms with van der Waals surface area (Å²) in [6.07, 6.45) is 1.82. The lowest BCUT2D eigenvalue weighted by molar-refractivity contribution is 0.629. The Labute approximate surface area is 90.1 Å². The number of hydrogen-bond acceptors (Lipinski definition) is 1. The van der Waals surface area contributed by atoms with Gasteiger partial charge in [-0.1, -0.05) is 0 Å². The second kappa shape index (κ2) is 2.95. The van der Waals surface area contributed by atoms with Gasteiger partial charge in [-0.25, -0.2) is 4.39 Å². The van der Waals surface area contributed by atoms with E-state index in [-0.39, 0.29) is 11.4 Å². The van der Waals surface area contributed by atoms with E-state index in [2.05, 4.69) is 4.98 Å². The van der Waals surface area contributed by atoms with Crippen LogP contribution in [0, 0.1) is 5.82 Å². The van der Waals surface area contributed by atoms with Crippen LogP contribution in [0.2, 0.25) is 0 Å². The standard InChI is InChI=1S/C12H9FN2O/c1-15-5-4-9-8-3-2-7(13)6-10(8)14-12(16)11(9)15/h2-6H,1H3,(H,14,16). The third-order valence-corrected chi connectivity index (χ3v) is 2.81. The van der Waals surface area contributed by atoms with Gasteiger partial charge in [0.1, 0.15) is 11.3 Å². The first-order valence-electron chi connectivity index (χ1n) is 4.93. The molecule has 0 aliphatic rings. The minimum Gasteiger partial charge on any atom is -0.346 e. The second-order valence-electron chi connectivity index (χ2n) is 3.83. The zero-order chi connectivity index (χ0) is 11.3. The Hall–Kier alpha value is -2.10. The van der Waals surface area contributed by atoms with E-state index < -0.39 is 0 Å². The van der Waals surface area contributed by atoms with Crippen molar-refractivity contribution in [2.45, 2.75) is 0 Å². The third kappa shape index (κ3) is 1.10. The van der Waals surface area contributed by atoms with Crippen LogP contribution in [0.1, 0.15) is 0 Å². The highest BCUT2D eigenvalue weighted by Crippen LogP contribution is 2.21. The Morgan fingerprint density at radius 2 is 2.06 bits per heavy atom. The molecule has 0 aliphatic heterocycles. The average molecular weight is 216 g/mol. The van der Waals surface area contributed by atoms with Gasteiger partial charge in [0.2, 0.25) is 0 Å². The highest BCUT2D eigenvalue weighted by atomic mass is 19.1. The Morgan fingerprint density at radius 3 is 2.88 bits per heavy atom. The van der Waals surface area contributed by atoms with E-state index in [9.17, 15) is 9.18 Å². The number of aryl methyl sites for hydroxylation is 1. The second-order valence-corrected chi connectivity index (χ2v) is 3.83. The summed E-state index contributed by atoms with van der Waals surface area (Å²) >= 11 is 0. The number of hydrogen-bond donors (Lipinski definition) is 1. The molecule has 0 bridgehead atoms. The van der Waals surface area contributed by atoms with Gasteiger partial charge in [-0.05, 0) is 24.3 Å². The van der Waals surface area contributed by atoms with Gasteiger partial charge in [0.25, 0.3) is 5.56 Å². The number of aromatic amines is 1. The number of pyridine rings is 1. The summed E-state index contributed by atoms with van der Waals surface area (Å²) in [7, 11) is 1.81. The fourth-order valence-corrected chi connectivity index (χ4v) is 2.07. The maximum Gasteiger partial charge on any atom is 0.272 e. The maximum absolute atomic E-state index is 13.0. The molecule has 0 amide bonds. The first kappa shape index (κ1) is 9.15. The smallest absolute Gasteiger partial charge is 0.272 e. The summed E-state index contributed by atoms with van der Waals surface area (Å²) in [5, 5.41) is 1.71. The van der Waals surface area contributed by atoms with Crippen molar-refractivity contribution in [3.8, 4) is 0 Å². The molecule has 80 valence electrons. The Kier molecular flexibility index (Phi) is 1.68. The summed E-state index contributed by atoms with van der Waals surface area (Å²) in [5.74, 6) is -0.349. The van der Waals surface area contributed by atoms with Crippen molar-refractivity contribution in [3.05, 3.63) is 46.6 Å². The van der Waals surface area contributed by atoms with E-state index in [4.69, 9.17) is 0 Å². The topological polar surface area (TPSA) is 37.8 Å². The van der Waals surface area contributed by atoms with Gasteiger partial charge in [0.05, 0.1) is 5.52 Å². The molecule has 3 aromatic rings. The average Bonchev–Trinajstić information content (AvgIpc) is 2.61. The molecule has 0 aliphatic carbocycles. The van der Waals surface area contributed by atoms with Crippen molar-refractivity contribution in [2.75, 3.05) is 0 Å². The monoisotopic (exact) mass is 216 g/mol. The predicted molar refractivity (Wildman–Crippen MR) is 61.0 cm³/mol. The molecule has 0 spiro atoms. The van der Waals surface area contributed by atoms with Crippen molar-refractivity contribution in [1.82, 2.24) is 9.55 Å². The number of nitrogens with one attached hydrogen (secondary N) is 1. The molecular formula is C12H9FN2O. The van der Waals surface area contributed by atoms with Gasteiger partial charge in [-0.3, -0.25) is 4.79 Å². The number of aromatic nitrogens is 2. The van der Waals surface area contributed by atoms with Gasteiger partial charge in [0, 0.05) is 24.0 Å². The van der Waals surface area contributed by atoms with Crippen LogP contribution in [0.3, 0.4) is 0 Å². The molecule has 0 saturated heterocycles. The quantitative estimate of drug-likeness (QED) is 0.614. The van der Waals surface area contributed by atoms with Crippen LogP contribution in [0.5, 0.6) is 0 Å². The van der Waals surface area contributed by atoms with Crippen LogP contribution in [-0.4, -0.2) is 9.55 Å². The SMILES string of the molecule is Cn1ccc2c3ccc(F)cc3[nH]c(=O)c21. The van der Waals surface area contributed by atoms with Gasteiger partial charge >= 0.3 is 0 Å². The Morgan fingerprint density at radius 1 is 1.25 bits per heavy atom. The van der Waals surface area contributed by atoms with Gasteiger partial charge in [-0.2, -0.15) is 0 Å². The minimum atomic E-state index is -0.349. The van der Waals surface area contributed by atoms with Crippen molar-refractivity contribution < 1.29 is 4.39 Å². The molecule has 2 aromatic heterocycles. The number of nitrogens with zero attached hydrogens (tertiary/aromatic N) is 1. The lowest BCUT2D eigenvalue weighted by Gasteiger charge is -2.01. The van der Waals surface area contributed by atoms with Crippen LogP contribution in [0.4, 0.5) is 4.39 Å². The normalized spacial score (nSPS) is 11.4. The summed E-state index contributed by atoms with van der Waals surface area (Å²) in [6.45, 7) is 0. The van der Waals surface area contributed by atoms with Gasteiger partial charge in [-0.15, -0.1) is 0 Å². The van der Waals surface area contributed by atoms with E-state index in [1.54, 1.807) is 10.6 Å². The Balaban J connectivity index is 2.65. The molecule has 0 saturated carbocycles. The zero-order valence-corrected chi connectivity index (χ0v) is 8.62. The fourth-order valence-electron chi connectivity index (χ4n) is 2.07. The Bertz CT molecular complexity index is 755. The third-order valence-electron chi connectivity index (χ3n) is 2.81. The molecular weight excluding hydrogens is 207 g/mol. The van der Waals surface area contributed by atoms with Crippen molar-refractivity contribution >= 4 is 21.8 Å². The molecule has 1 aromatic carbocycles. The molecule has 4 heteroatoms. The maximum atomic E-state index is 13.0. The fraction of sp³-hybridized carbons (Fsp3) is 0.0833. The van der Waals surface area contributed by atoms with E-state index >= 15 is 0 Å². The molecule has 3 rings (SSSR count). The summed E-state index contributed by atoms with van der Waals surface area (Å²) in [4.78, 5) is 14.5. The molecule has 3 nitrogen and oxygen atoms in total. The highest BCUT2D eigenvalue weighted by Gasteiger charge is 2.08. The number of benzene rings is 1. The minimum absolute atomic E-state index is 0.194. The van der Waals surface area contributed by atoms with Crippen LogP contribution in [0.25, 0.3) is 21.8 Å². The lowest BCUT2D eigenvalue weighted by atomic mass is 10.1. The van der Waals surface area contributed by atoms with E-state index in [0.29, 0.717) is 11.0 Å². The molecule has 0 atom stereocenters. The van der Waals surface area contributed by atoms with Crippen molar-refractivity contribution in [2.24, 2.45) is 7.05 Å². The summed E-state index contributed by atoms with van der Waals surface area (Å²) in [5.41, 5.74) is 0.948.